The number of ether oxygens (including phenoxy) is 2. The molecule has 32 heavy (non-hydrogen) atoms. The second-order valence-electron chi connectivity index (χ2n) is 9.81. The van der Waals surface area contributed by atoms with Crippen LogP contribution in [0.25, 0.3) is 0 Å². The van der Waals surface area contributed by atoms with Crippen LogP contribution >= 0.6 is 0 Å². The van der Waals surface area contributed by atoms with Gasteiger partial charge in [0.05, 0.1) is 23.4 Å². The van der Waals surface area contributed by atoms with Crippen molar-refractivity contribution in [1.82, 2.24) is 20.4 Å². The van der Waals surface area contributed by atoms with Gasteiger partial charge in [-0.05, 0) is 38.8 Å². The smallest absolute Gasteiger partial charge is 0.404 e. The molecule has 2 bridgehead atoms. The summed E-state index contributed by atoms with van der Waals surface area (Å²) in [7, 11) is 1.58. The van der Waals surface area contributed by atoms with Crippen LogP contribution in [0.3, 0.4) is 0 Å². The fraction of sp³-hybridized carbons (Fsp3) is 0.682. The van der Waals surface area contributed by atoms with Gasteiger partial charge in [-0.15, -0.1) is 0 Å². The summed E-state index contributed by atoms with van der Waals surface area (Å²) in [6, 6.07) is 0.283. The van der Waals surface area contributed by atoms with Crippen molar-refractivity contribution in [2.75, 3.05) is 39.9 Å². The Hall–Kier alpha value is -2.43. The largest absolute Gasteiger partial charge is 0.449 e. The van der Waals surface area contributed by atoms with Crippen LogP contribution in [0.2, 0.25) is 0 Å². The number of carbonyl (C=O) groups excluding carboxylic acids is 3. The number of ketones is 2. The van der Waals surface area contributed by atoms with Gasteiger partial charge in [0, 0.05) is 43.4 Å². The summed E-state index contributed by atoms with van der Waals surface area (Å²) in [5, 5.41) is 6.83. The molecule has 0 radical (unpaired) electrons. The van der Waals surface area contributed by atoms with Gasteiger partial charge in [-0.1, -0.05) is 0 Å². The van der Waals surface area contributed by atoms with Crippen LogP contribution in [0, 0.1) is 11.8 Å². The van der Waals surface area contributed by atoms with E-state index in [-0.39, 0.29) is 36.3 Å². The number of methoxy groups -OCH3 is 1. The number of piperazine rings is 1. The maximum atomic E-state index is 13.9. The number of nitrogens with zero attached hydrogens (tertiary/aromatic N) is 2. The maximum absolute atomic E-state index is 13.9. The fourth-order valence-electron chi connectivity index (χ4n) is 6.78. The van der Waals surface area contributed by atoms with Gasteiger partial charge < -0.3 is 35.6 Å². The number of hydrogen-bond acceptors (Lipinski definition) is 9. The molecule has 5 fully saturated rings. The minimum Gasteiger partial charge on any atom is -0.449 e. The zero-order chi connectivity index (χ0) is 22.4. The highest BCUT2D eigenvalue weighted by molar-refractivity contribution is 6.25. The number of Topliss-reactive ketones (excluding diaryl/α,β-unsaturated/α-hetero) is 2. The lowest BCUT2D eigenvalue weighted by Gasteiger charge is -2.45. The van der Waals surface area contributed by atoms with Crippen LogP contribution in [0.4, 0.5) is 4.79 Å². The quantitative estimate of drug-likeness (QED) is 0.364. The number of fused-ring (bicyclic) bond motifs is 7. The predicted molar refractivity (Wildman–Crippen MR) is 112 cm³/mol. The summed E-state index contributed by atoms with van der Waals surface area (Å²) in [4.78, 5) is 43.2. The summed E-state index contributed by atoms with van der Waals surface area (Å²) in [6.07, 6.45) is 1.29. The van der Waals surface area contributed by atoms with Gasteiger partial charge in [-0.25, -0.2) is 4.79 Å². The summed E-state index contributed by atoms with van der Waals surface area (Å²) in [5.74, 6) is -0.462. The highest BCUT2D eigenvalue weighted by atomic mass is 16.6. The average Bonchev–Trinajstić information content (AvgIpc) is 3.40. The van der Waals surface area contributed by atoms with E-state index in [1.807, 2.05) is 4.90 Å². The van der Waals surface area contributed by atoms with E-state index < -0.39 is 17.7 Å². The van der Waals surface area contributed by atoms with Crippen molar-refractivity contribution in [1.29, 1.82) is 0 Å². The van der Waals surface area contributed by atoms with Gasteiger partial charge in [0.25, 0.3) is 0 Å². The first kappa shape index (κ1) is 20.2. The molecular weight excluding hydrogens is 414 g/mol. The first-order valence-electron chi connectivity index (χ1n) is 11.4. The number of primary amides is 1. The second-order valence-corrected chi connectivity index (χ2v) is 9.81. The Bertz CT molecular complexity index is 983. The number of allylic oxidation sites excluding steroid dienone is 2. The highest BCUT2D eigenvalue weighted by Crippen LogP contribution is 2.55. The van der Waals surface area contributed by atoms with Gasteiger partial charge in [-0.3, -0.25) is 9.59 Å². The van der Waals surface area contributed by atoms with E-state index in [0.717, 1.165) is 32.5 Å². The van der Waals surface area contributed by atoms with Crippen molar-refractivity contribution >= 4 is 17.7 Å². The number of hydrogen-bond donors (Lipinski definition) is 3. The third kappa shape index (κ3) is 2.54. The highest BCUT2D eigenvalue weighted by Gasteiger charge is 2.72. The Labute approximate surface area is 186 Å². The van der Waals surface area contributed by atoms with Crippen LogP contribution in [-0.4, -0.2) is 91.2 Å². The van der Waals surface area contributed by atoms with E-state index in [9.17, 15) is 14.4 Å². The summed E-state index contributed by atoms with van der Waals surface area (Å²) in [6.45, 7) is 5.25. The molecule has 0 spiro atoms. The minimum absolute atomic E-state index is 0.0428. The normalized spacial score (nSPS) is 41.6. The molecule has 5 saturated heterocycles. The zero-order valence-corrected chi connectivity index (χ0v) is 18.3. The van der Waals surface area contributed by atoms with Crippen LogP contribution in [-0.2, 0) is 19.1 Å². The molecule has 0 aromatic carbocycles. The molecule has 7 aliphatic rings. The Balaban J connectivity index is 1.37. The number of piperidine rings is 3. The van der Waals surface area contributed by atoms with E-state index >= 15 is 0 Å². The van der Waals surface area contributed by atoms with Gasteiger partial charge in [-0.2, -0.15) is 0 Å². The lowest BCUT2D eigenvalue weighted by Crippen LogP contribution is -2.56. The molecule has 0 saturated carbocycles. The molecule has 6 heterocycles. The lowest BCUT2D eigenvalue weighted by atomic mass is 9.80. The minimum atomic E-state index is -0.943. The van der Waals surface area contributed by atoms with Crippen LogP contribution in [0.15, 0.2) is 22.5 Å². The van der Waals surface area contributed by atoms with Crippen molar-refractivity contribution in [3.63, 3.8) is 0 Å². The molecule has 1 amide bonds. The van der Waals surface area contributed by atoms with Crippen molar-refractivity contribution in [3.05, 3.63) is 22.5 Å². The van der Waals surface area contributed by atoms with Crippen molar-refractivity contribution < 1.29 is 23.9 Å². The topological polar surface area (TPSA) is 136 Å². The fourth-order valence-corrected chi connectivity index (χ4v) is 6.78. The molecule has 172 valence electrons. The third-order valence-corrected chi connectivity index (χ3v) is 8.41. The van der Waals surface area contributed by atoms with E-state index in [2.05, 4.69) is 15.5 Å². The van der Waals surface area contributed by atoms with Crippen molar-refractivity contribution in [2.24, 2.45) is 17.6 Å². The van der Waals surface area contributed by atoms with E-state index in [1.165, 1.54) is 0 Å². The summed E-state index contributed by atoms with van der Waals surface area (Å²) < 4.78 is 11.2. The molecule has 5 atom stereocenters. The van der Waals surface area contributed by atoms with Gasteiger partial charge in [0.15, 0.2) is 5.72 Å². The zero-order valence-electron chi connectivity index (χ0n) is 18.3. The maximum Gasteiger partial charge on any atom is 0.404 e. The second kappa shape index (κ2) is 6.79. The number of amides is 1. The number of nitrogens with one attached hydrogen (secondary N) is 2. The van der Waals surface area contributed by atoms with Gasteiger partial charge >= 0.3 is 6.09 Å². The molecule has 0 aromatic heterocycles. The predicted octanol–water partition coefficient (Wildman–Crippen LogP) is -0.926. The van der Waals surface area contributed by atoms with Crippen LogP contribution in [0.1, 0.15) is 19.8 Å². The van der Waals surface area contributed by atoms with Crippen molar-refractivity contribution in [3.8, 4) is 0 Å². The average molecular weight is 444 g/mol. The third-order valence-electron chi connectivity index (χ3n) is 8.41. The van der Waals surface area contributed by atoms with Gasteiger partial charge in [0.2, 0.25) is 11.6 Å². The molecule has 0 aromatic rings. The molecule has 4 N–H and O–H groups in total. The molecule has 7 rings (SSSR count). The number of carbonyl (C=O) groups is 3. The van der Waals surface area contributed by atoms with Crippen LogP contribution in [0.5, 0.6) is 0 Å². The number of nitrogens with two attached hydrogens (primary N) is 1. The SMILES string of the molecule is COC12C(COC(N)=O)C3=C(C(=O)C(C)=C(NC4CN5CCC4CC5)C3=O)N1CC1NC12. The molecule has 6 aliphatic heterocycles. The van der Waals surface area contributed by atoms with Crippen molar-refractivity contribution in [2.45, 2.75) is 43.6 Å². The molecular formula is C22H29N5O5. The molecule has 10 heteroatoms. The Morgan fingerprint density at radius 2 is 2.00 bits per heavy atom. The molecule has 5 unspecified atom stereocenters. The molecule has 10 nitrogen and oxygen atoms in total. The summed E-state index contributed by atoms with van der Waals surface area (Å²) in [5.41, 5.74) is 5.89. The summed E-state index contributed by atoms with van der Waals surface area (Å²) >= 11 is 0. The van der Waals surface area contributed by atoms with Crippen LogP contribution < -0.4 is 16.4 Å². The Morgan fingerprint density at radius 1 is 1.25 bits per heavy atom. The van der Waals surface area contributed by atoms with E-state index in [1.54, 1.807) is 14.0 Å². The Kier molecular flexibility index (Phi) is 4.28. The Morgan fingerprint density at radius 3 is 2.62 bits per heavy atom. The van der Waals surface area contributed by atoms with E-state index in [4.69, 9.17) is 15.2 Å². The number of rotatable bonds is 5. The first-order valence-corrected chi connectivity index (χ1v) is 11.4. The van der Waals surface area contributed by atoms with E-state index in [0.29, 0.717) is 35.0 Å². The lowest BCUT2D eigenvalue weighted by molar-refractivity contribution is -0.137. The standard InChI is InChI=1S/C22H29N5O5/c1-10-16(24-13-7-26-5-3-11(13)4-6-26)19(29)15-12(9-32-21(23)30)22(31-2)20-14(25-20)8-27(22)17(15)18(10)28/h11-14,20,24-25H,3-9H2,1-2H3,(H2,23,30). The first-order chi connectivity index (χ1) is 15.4. The molecule has 1 aliphatic carbocycles. The monoisotopic (exact) mass is 443 g/mol. The van der Waals surface area contributed by atoms with Gasteiger partial charge in [0.1, 0.15) is 6.61 Å².